The number of H-pyrrole nitrogens is 1. The van der Waals surface area contributed by atoms with Crippen molar-refractivity contribution in [3.05, 3.63) is 27.4 Å². The van der Waals surface area contributed by atoms with Crippen molar-refractivity contribution in [1.82, 2.24) is 15.3 Å². The summed E-state index contributed by atoms with van der Waals surface area (Å²) in [4.78, 5) is 31.4. The van der Waals surface area contributed by atoms with Crippen LogP contribution in [0.15, 0.2) is 4.79 Å². The molecule has 1 rings (SSSR count). The third-order valence-corrected chi connectivity index (χ3v) is 3.39. The van der Waals surface area contributed by atoms with Gasteiger partial charge in [-0.3, -0.25) is 9.59 Å². The van der Waals surface area contributed by atoms with E-state index in [9.17, 15) is 14.7 Å². The van der Waals surface area contributed by atoms with Crippen LogP contribution < -0.4 is 10.9 Å². The number of nitrogens with one attached hydrogen (secondary N) is 2. The van der Waals surface area contributed by atoms with Crippen molar-refractivity contribution in [2.24, 2.45) is 5.92 Å². The van der Waals surface area contributed by atoms with Gasteiger partial charge in [0, 0.05) is 12.0 Å². The van der Waals surface area contributed by atoms with Crippen LogP contribution in [0.2, 0.25) is 0 Å². The highest BCUT2D eigenvalue weighted by molar-refractivity contribution is 5.94. The zero-order chi connectivity index (χ0) is 17.1. The Morgan fingerprint density at radius 1 is 1.36 bits per heavy atom. The number of rotatable bonds is 5. The fraction of sp³-hybridized carbons (Fsp3) is 0.688. The van der Waals surface area contributed by atoms with E-state index in [4.69, 9.17) is 0 Å². The predicted octanol–water partition coefficient (Wildman–Crippen LogP) is 1.51. The normalized spacial score (nSPS) is 14.5. The van der Waals surface area contributed by atoms with Crippen LogP contribution in [0.4, 0.5) is 0 Å². The first-order valence-electron chi connectivity index (χ1n) is 7.60. The largest absolute Gasteiger partial charge is 0.393 e. The Labute approximate surface area is 131 Å². The molecule has 1 aromatic rings. The van der Waals surface area contributed by atoms with Crippen LogP contribution in [0.1, 0.15) is 62.9 Å². The fourth-order valence-electron chi connectivity index (χ4n) is 2.23. The van der Waals surface area contributed by atoms with E-state index >= 15 is 0 Å². The van der Waals surface area contributed by atoms with Gasteiger partial charge in [-0.1, -0.05) is 27.7 Å². The molecule has 0 saturated heterocycles. The summed E-state index contributed by atoms with van der Waals surface area (Å²) < 4.78 is 0. The maximum atomic E-state index is 12.2. The molecule has 0 spiro atoms. The molecule has 2 unspecified atom stereocenters. The molecular formula is C16H27N3O3. The van der Waals surface area contributed by atoms with Gasteiger partial charge in [0.1, 0.15) is 11.4 Å². The Morgan fingerprint density at radius 2 is 1.95 bits per heavy atom. The van der Waals surface area contributed by atoms with Crippen LogP contribution in [0.25, 0.3) is 0 Å². The third-order valence-electron chi connectivity index (χ3n) is 3.39. The standard InChI is InChI=1S/C16H27N3O3/c1-9(7-10(2)20)8-17-13(21)12-11(3)18-15(16(4,5)6)19-14(12)22/h9-10,20H,7-8H2,1-6H3,(H,17,21)(H,18,19,22). The number of hydrogen-bond donors (Lipinski definition) is 3. The summed E-state index contributed by atoms with van der Waals surface area (Å²) in [6, 6.07) is 0. The molecule has 3 N–H and O–H groups in total. The van der Waals surface area contributed by atoms with Crippen molar-refractivity contribution in [3.8, 4) is 0 Å². The van der Waals surface area contributed by atoms with Gasteiger partial charge in [-0.15, -0.1) is 0 Å². The van der Waals surface area contributed by atoms with Crippen molar-refractivity contribution in [3.63, 3.8) is 0 Å². The summed E-state index contributed by atoms with van der Waals surface area (Å²) in [5, 5.41) is 12.1. The minimum absolute atomic E-state index is 0.0530. The minimum atomic E-state index is -0.427. The highest BCUT2D eigenvalue weighted by Crippen LogP contribution is 2.17. The molecule has 0 fully saturated rings. The number of nitrogens with zero attached hydrogens (tertiary/aromatic N) is 1. The van der Waals surface area contributed by atoms with E-state index in [-0.39, 0.29) is 16.9 Å². The molecule has 0 aliphatic heterocycles. The summed E-state index contributed by atoms with van der Waals surface area (Å²) >= 11 is 0. The van der Waals surface area contributed by atoms with E-state index in [1.807, 2.05) is 27.7 Å². The number of aliphatic hydroxyl groups excluding tert-OH is 1. The number of hydrogen-bond acceptors (Lipinski definition) is 4. The molecule has 1 aromatic heterocycles. The lowest BCUT2D eigenvalue weighted by Gasteiger charge is -2.18. The number of aromatic nitrogens is 2. The van der Waals surface area contributed by atoms with Gasteiger partial charge in [0.25, 0.3) is 11.5 Å². The molecule has 0 aliphatic rings. The van der Waals surface area contributed by atoms with E-state index in [1.165, 1.54) is 0 Å². The molecule has 2 atom stereocenters. The molecule has 0 aliphatic carbocycles. The number of aliphatic hydroxyl groups is 1. The summed E-state index contributed by atoms with van der Waals surface area (Å²) in [5.74, 6) is 0.267. The summed E-state index contributed by atoms with van der Waals surface area (Å²) in [6.07, 6.45) is 0.182. The van der Waals surface area contributed by atoms with E-state index in [2.05, 4.69) is 15.3 Å². The molecule has 22 heavy (non-hydrogen) atoms. The molecule has 1 amide bonds. The average molecular weight is 309 g/mol. The fourth-order valence-corrected chi connectivity index (χ4v) is 2.23. The second-order valence-corrected chi connectivity index (χ2v) is 7.02. The Balaban J connectivity index is 2.89. The lowest BCUT2D eigenvalue weighted by molar-refractivity contribution is 0.0936. The number of carbonyl (C=O) groups is 1. The highest BCUT2D eigenvalue weighted by Gasteiger charge is 2.22. The second-order valence-electron chi connectivity index (χ2n) is 7.02. The van der Waals surface area contributed by atoms with Crippen LogP contribution in [0.3, 0.4) is 0 Å². The summed E-state index contributed by atoms with van der Waals surface area (Å²) in [7, 11) is 0. The lowest BCUT2D eigenvalue weighted by Crippen LogP contribution is -2.36. The molecular weight excluding hydrogens is 282 g/mol. The lowest BCUT2D eigenvalue weighted by atomic mass is 9.95. The van der Waals surface area contributed by atoms with Gasteiger partial charge in [-0.05, 0) is 26.2 Å². The maximum absolute atomic E-state index is 12.2. The van der Waals surface area contributed by atoms with Crippen LogP contribution in [-0.2, 0) is 5.41 Å². The zero-order valence-electron chi connectivity index (χ0n) is 14.3. The first kappa shape index (κ1) is 18.4. The van der Waals surface area contributed by atoms with Gasteiger partial charge < -0.3 is 15.4 Å². The SMILES string of the molecule is Cc1nc(C(C)(C)C)[nH]c(=O)c1C(=O)NCC(C)CC(C)O. The third kappa shape index (κ3) is 4.94. The van der Waals surface area contributed by atoms with E-state index < -0.39 is 17.6 Å². The van der Waals surface area contributed by atoms with Crippen LogP contribution in [0, 0.1) is 12.8 Å². The van der Waals surface area contributed by atoms with Crippen LogP contribution in [0.5, 0.6) is 0 Å². The number of aromatic amines is 1. The molecule has 1 heterocycles. The number of aryl methyl sites for hydroxylation is 1. The van der Waals surface area contributed by atoms with Gasteiger partial charge in [0.15, 0.2) is 0 Å². The van der Waals surface area contributed by atoms with E-state index in [1.54, 1.807) is 13.8 Å². The van der Waals surface area contributed by atoms with E-state index in [0.29, 0.717) is 24.5 Å². The predicted molar refractivity (Wildman–Crippen MR) is 86.1 cm³/mol. The molecule has 0 saturated carbocycles. The van der Waals surface area contributed by atoms with Gasteiger partial charge in [-0.2, -0.15) is 0 Å². The van der Waals surface area contributed by atoms with Crippen LogP contribution >= 0.6 is 0 Å². The average Bonchev–Trinajstić information content (AvgIpc) is 2.33. The Kier molecular flexibility index (Phi) is 5.88. The molecule has 6 heteroatoms. The summed E-state index contributed by atoms with van der Waals surface area (Å²) in [5.41, 5.74) is -0.227. The first-order chi connectivity index (χ1) is 10.0. The quantitative estimate of drug-likeness (QED) is 0.768. The van der Waals surface area contributed by atoms with Crippen molar-refractivity contribution in [2.75, 3.05) is 6.54 Å². The van der Waals surface area contributed by atoms with E-state index in [0.717, 1.165) is 0 Å². The van der Waals surface area contributed by atoms with Gasteiger partial charge in [-0.25, -0.2) is 4.98 Å². The molecule has 0 radical (unpaired) electrons. The Hall–Kier alpha value is -1.69. The number of carbonyl (C=O) groups excluding carboxylic acids is 1. The van der Waals surface area contributed by atoms with Crippen molar-refractivity contribution in [1.29, 1.82) is 0 Å². The number of amides is 1. The zero-order valence-corrected chi connectivity index (χ0v) is 14.3. The monoisotopic (exact) mass is 309 g/mol. The minimum Gasteiger partial charge on any atom is -0.393 e. The first-order valence-corrected chi connectivity index (χ1v) is 7.60. The van der Waals surface area contributed by atoms with Crippen LogP contribution in [-0.4, -0.2) is 33.6 Å². The van der Waals surface area contributed by atoms with Crippen molar-refractivity contribution in [2.45, 2.75) is 59.5 Å². The Bertz CT molecular complexity index is 585. The summed E-state index contributed by atoms with van der Waals surface area (Å²) in [6.45, 7) is 11.6. The topological polar surface area (TPSA) is 95.1 Å². The van der Waals surface area contributed by atoms with Crippen molar-refractivity contribution < 1.29 is 9.90 Å². The Morgan fingerprint density at radius 3 is 2.41 bits per heavy atom. The van der Waals surface area contributed by atoms with Crippen molar-refractivity contribution >= 4 is 5.91 Å². The molecule has 124 valence electrons. The molecule has 0 aromatic carbocycles. The maximum Gasteiger partial charge on any atom is 0.264 e. The molecule has 6 nitrogen and oxygen atoms in total. The van der Waals surface area contributed by atoms with Gasteiger partial charge in [0.05, 0.1) is 11.8 Å². The van der Waals surface area contributed by atoms with Gasteiger partial charge in [0.2, 0.25) is 0 Å². The molecule has 0 bridgehead atoms. The smallest absolute Gasteiger partial charge is 0.264 e. The second kappa shape index (κ2) is 7.05. The highest BCUT2D eigenvalue weighted by atomic mass is 16.3. The van der Waals surface area contributed by atoms with Gasteiger partial charge >= 0.3 is 0 Å².